The monoisotopic (exact) mass is 279 g/mol. The Balaban J connectivity index is 2.30. The van der Waals surface area contributed by atoms with Crippen molar-refractivity contribution in [3.63, 3.8) is 0 Å². The van der Waals surface area contributed by atoms with Crippen molar-refractivity contribution in [1.29, 1.82) is 0 Å². The maximum atomic E-state index is 6.05. The van der Waals surface area contributed by atoms with E-state index in [1.54, 1.807) is 0 Å². The maximum absolute atomic E-state index is 6.05. The number of hydrogen-bond donors (Lipinski definition) is 2. The van der Waals surface area contributed by atoms with Crippen LogP contribution in [0.2, 0.25) is 5.02 Å². The van der Waals surface area contributed by atoms with E-state index >= 15 is 0 Å². The number of nitrogens with one attached hydrogen (secondary N) is 1. The second-order valence-corrected chi connectivity index (χ2v) is 4.18. The standard InChI is InChI=1S/C12H14ClN5O/c1-3-19-12-17-10(14)16-11(18-12)15-9-6-4-5-8(13)7(9)2/h4-6H,3H2,1-2H3,(H3,14,15,16,17,18). The van der Waals surface area contributed by atoms with Crippen LogP contribution in [-0.4, -0.2) is 21.6 Å². The highest BCUT2D eigenvalue weighted by atomic mass is 35.5. The topological polar surface area (TPSA) is 86.0 Å². The largest absolute Gasteiger partial charge is 0.464 e. The van der Waals surface area contributed by atoms with Crippen molar-refractivity contribution in [2.24, 2.45) is 0 Å². The molecule has 3 N–H and O–H groups in total. The summed E-state index contributed by atoms with van der Waals surface area (Å²) < 4.78 is 5.21. The van der Waals surface area contributed by atoms with E-state index in [1.807, 2.05) is 32.0 Å². The summed E-state index contributed by atoms with van der Waals surface area (Å²) in [4.78, 5) is 12.0. The Morgan fingerprint density at radius 3 is 2.84 bits per heavy atom. The first-order valence-corrected chi connectivity index (χ1v) is 6.14. The average Bonchev–Trinajstić information content (AvgIpc) is 2.35. The smallest absolute Gasteiger partial charge is 0.323 e. The number of ether oxygens (including phenoxy) is 1. The quantitative estimate of drug-likeness (QED) is 0.894. The zero-order chi connectivity index (χ0) is 13.8. The van der Waals surface area contributed by atoms with Crippen molar-refractivity contribution < 1.29 is 4.74 Å². The lowest BCUT2D eigenvalue weighted by molar-refractivity contribution is 0.312. The van der Waals surface area contributed by atoms with Gasteiger partial charge in [-0.1, -0.05) is 17.7 Å². The van der Waals surface area contributed by atoms with Crippen molar-refractivity contribution in [3.05, 3.63) is 28.8 Å². The van der Waals surface area contributed by atoms with E-state index in [-0.39, 0.29) is 12.0 Å². The Morgan fingerprint density at radius 1 is 1.32 bits per heavy atom. The van der Waals surface area contributed by atoms with Gasteiger partial charge in [0.25, 0.3) is 0 Å². The van der Waals surface area contributed by atoms with Crippen molar-refractivity contribution in [2.45, 2.75) is 13.8 Å². The molecular weight excluding hydrogens is 266 g/mol. The fourth-order valence-electron chi connectivity index (χ4n) is 1.48. The molecule has 0 unspecified atom stereocenters. The van der Waals surface area contributed by atoms with Gasteiger partial charge < -0.3 is 15.8 Å². The van der Waals surface area contributed by atoms with Gasteiger partial charge in [0.2, 0.25) is 11.9 Å². The summed E-state index contributed by atoms with van der Waals surface area (Å²) in [7, 11) is 0. The first-order valence-electron chi connectivity index (χ1n) is 5.76. The van der Waals surface area contributed by atoms with Gasteiger partial charge in [-0.2, -0.15) is 15.0 Å². The fourth-order valence-corrected chi connectivity index (χ4v) is 1.66. The van der Waals surface area contributed by atoms with Gasteiger partial charge in [-0.3, -0.25) is 0 Å². The van der Waals surface area contributed by atoms with Crippen LogP contribution in [0.25, 0.3) is 0 Å². The first-order chi connectivity index (χ1) is 9.10. The maximum Gasteiger partial charge on any atom is 0.323 e. The van der Waals surface area contributed by atoms with Gasteiger partial charge in [0.1, 0.15) is 0 Å². The summed E-state index contributed by atoms with van der Waals surface area (Å²) >= 11 is 6.05. The van der Waals surface area contributed by atoms with Crippen LogP contribution in [0.5, 0.6) is 6.01 Å². The van der Waals surface area contributed by atoms with Crippen molar-refractivity contribution in [3.8, 4) is 6.01 Å². The molecule has 1 aromatic heterocycles. The number of rotatable bonds is 4. The number of aromatic nitrogens is 3. The number of nitrogens with zero attached hydrogens (tertiary/aromatic N) is 3. The van der Waals surface area contributed by atoms with E-state index in [4.69, 9.17) is 22.1 Å². The third kappa shape index (κ3) is 3.23. The molecule has 0 fully saturated rings. The molecule has 100 valence electrons. The zero-order valence-electron chi connectivity index (χ0n) is 10.6. The summed E-state index contributed by atoms with van der Waals surface area (Å²) in [5.74, 6) is 0.418. The van der Waals surface area contributed by atoms with Crippen molar-refractivity contribution in [1.82, 2.24) is 15.0 Å². The average molecular weight is 280 g/mol. The van der Waals surface area contributed by atoms with Crippen molar-refractivity contribution >= 4 is 29.2 Å². The molecule has 0 bridgehead atoms. The number of benzene rings is 1. The minimum atomic E-state index is 0.0978. The summed E-state index contributed by atoms with van der Waals surface area (Å²) in [6.45, 7) is 4.20. The molecule has 0 saturated carbocycles. The summed E-state index contributed by atoms with van der Waals surface area (Å²) in [6.07, 6.45) is 0. The highest BCUT2D eigenvalue weighted by Gasteiger charge is 2.08. The Bertz CT molecular complexity index is 590. The lowest BCUT2D eigenvalue weighted by Crippen LogP contribution is -2.07. The predicted octanol–water partition coefficient (Wildman–Crippen LogP) is 2.56. The van der Waals surface area contributed by atoms with Gasteiger partial charge in [-0.05, 0) is 31.5 Å². The van der Waals surface area contributed by atoms with E-state index in [0.29, 0.717) is 17.6 Å². The Hall–Kier alpha value is -2.08. The molecule has 0 radical (unpaired) electrons. The van der Waals surface area contributed by atoms with Gasteiger partial charge in [-0.15, -0.1) is 0 Å². The molecule has 7 heteroatoms. The molecule has 6 nitrogen and oxygen atoms in total. The van der Waals surface area contributed by atoms with Crippen LogP contribution in [0.1, 0.15) is 12.5 Å². The number of nitrogens with two attached hydrogens (primary N) is 1. The van der Waals surface area contributed by atoms with E-state index in [0.717, 1.165) is 11.3 Å². The number of hydrogen-bond acceptors (Lipinski definition) is 6. The molecular formula is C12H14ClN5O. The number of nitrogen functional groups attached to an aromatic ring is 1. The van der Waals surface area contributed by atoms with Crippen LogP contribution in [0.15, 0.2) is 18.2 Å². The van der Waals surface area contributed by atoms with Crippen LogP contribution in [0.3, 0.4) is 0 Å². The summed E-state index contributed by atoms with van der Waals surface area (Å²) in [5, 5.41) is 3.71. The predicted molar refractivity (Wildman–Crippen MR) is 74.9 cm³/mol. The molecule has 0 spiro atoms. The van der Waals surface area contributed by atoms with E-state index < -0.39 is 0 Å². The fraction of sp³-hybridized carbons (Fsp3) is 0.250. The number of anilines is 3. The van der Waals surface area contributed by atoms with Gasteiger partial charge in [0, 0.05) is 10.7 Å². The van der Waals surface area contributed by atoms with Crippen LogP contribution in [-0.2, 0) is 0 Å². The lowest BCUT2D eigenvalue weighted by Gasteiger charge is -2.10. The Labute approximate surface area is 116 Å². The molecule has 1 heterocycles. The highest BCUT2D eigenvalue weighted by molar-refractivity contribution is 6.31. The Kier molecular flexibility index (Phi) is 4.01. The molecule has 0 aliphatic heterocycles. The molecule has 2 rings (SSSR count). The normalized spacial score (nSPS) is 10.3. The van der Waals surface area contributed by atoms with Gasteiger partial charge in [0.05, 0.1) is 6.61 Å². The number of halogens is 1. The van der Waals surface area contributed by atoms with Gasteiger partial charge in [-0.25, -0.2) is 0 Å². The molecule has 0 saturated heterocycles. The molecule has 19 heavy (non-hydrogen) atoms. The zero-order valence-corrected chi connectivity index (χ0v) is 11.4. The van der Waals surface area contributed by atoms with Gasteiger partial charge in [0.15, 0.2) is 0 Å². The van der Waals surface area contributed by atoms with Crippen molar-refractivity contribution in [2.75, 3.05) is 17.7 Å². The Morgan fingerprint density at radius 2 is 2.11 bits per heavy atom. The van der Waals surface area contributed by atoms with Gasteiger partial charge >= 0.3 is 6.01 Å². The molecule has 0 amide bonds. The second-order valence-electron chi connectivity index (χ2n) is 3.77. The van der Waals surface area contributed by atoms with Crippen LogP contribution < -0.4 is 15.8 Å². The summed E-state index contributed by atoms with van der Waals surface area (Å²) in [5.41, 5.74) is 7.31. The summed E-state index contributed by atoms with van der Waals surface area (Å²) in [6, 6.07) is 5.72. The van der Waals surface area contributed by atoms with Crippen LogP contribution >= 0.6 is 11.6 Å². The first kappa shape index (κ1) is 13.4. The molecule has 2 aromatic rings. The van der Waals surface area contributed by atoms with E-state index in [2.05, 4.69) is 20.3 Å². The highest BCUT2D eigenvalue weighted by Crippen LogP contribution is 2.25. The molecule has 0 aliphatic carbocycles. The SMILES string of the molecule is CCOc1nc(N)nc(Nc2cccc(Cl)c2C)n1. The minimum Gasteiger partial charge on any atom is -0.464 e. The second kappa shape index (κ2) is 5.71. The lowest BCUT2D eigenvalue weighted by atomic mass is 10.2. The van der Waals surface area contributed by atoms with Crippen LogP contribution in [0.4, 0.5) is 17.6 Å². The third-order valence-corrected chi connectivity index (χ3v) is 2.83. The molecule has 0 aliphatic rings. The molecule has 0 atom stereocenters. The van der Waals surface area contributed by atoms with E-state index in [1.165, 1.54) is 0 Å². The van der Waals surface area contributed by atoms with E-state index in [9.17, 15) is 0 Å². The molecule has 1 aromatic carbocycles. The third-order valence-electron chi connectivity index (χ3n) is 2.42. The van der Waals surface area contributed by atoms with Crippen LogP contribution in [0, 0.1) is 6.92 Å². The minimum absolute atomic E-state index is 0.0978.